The number of benzene rings is 1. The minimum absolute atomic E-state index is 0.530. The first-order valence-corrected chi connectivity index (χ1v) is 6.25. The van der Waals surface area contributed by atoms with Crippen molar-refractivity contribution in [3.05, 3.63) is 48.6 Å². The Hall–Kier alpha value is -1.08. The molecule has 0 spiro atoms. The van der Waals surface area contributed by atoms with Crippen molar-refractivity contribution < 1.29 is 0 Å². The molecule has 86 valence electrons. The first-order chi connectivity index (χ1) is 7.81. The van der Waals surface area contributed by atoms with E-state index in [1.807, 2.05) is 0 Å². The van der Waals surface area contributed by atoms with Crippen LogP contribution in [0.4, 0.5) is 0 Å². The average molecular weight is 215 g/mol. The molecule has 2 rings (SSSR count). The van der Waals surface area contributed by atoms with E-state index < -0.39 is 0 Å². The zero-order valence-electron chi connectivity index (χ0n) is 10.0. The van der Waals surface area contributed by atoms with Crippen LogP contribution in [0.25, 0.3) is 0 Å². The summed E-state index contributed by atoms with van der Waals surface area (Å²) in [5, 5.41) is 3.75. The van der Waals surface area contributed by atoms with Gasteiger partial charge in [-0.25, -0.2) is 0 Å². The van der Waals surface area contributed by atoms with Crippen LogP contribution >= 0.6 is 0 Å². The van der Waals surface area contributed by atoms with Crippen molar-refractivity contribution in [1.29, 1.82) is 0 Å². The van der Waals surface area contributed by atoms with Gasteiger partial charge in [-0.15, -0.1) is 6.58 Å². The Balaban J connectivity index is 2.05. The van der Waals surface area contributed by atoms with Crippen LogP contribution in [0, 0.1) is 5.92 Å². The van der Waals surface area contributed by atoms with E-state index >= 15 is 0 Å². The summed E-state index contributed by atoms with van der Waals surface area (Å²) >= 11 is 0. The van der Waals surface area contributed by atoms with E-state index in [2.05, 4.69) is 55.2 Å². The fraction of sp³-hybridized carbons (Fsp3) is 0.467. The van der Waals surface area contributed by atoms with Crippen LogP contribution in [0.15, 0.2) is 43.0 Å². The fourth-order valence-electron chi connectivity index (χ4n) is 2.49. The molecule has 1 aliphatic rings. The van der Waals surface area contributed by atoms with E-state index in [4.69, 9.17) is 0 Å². The van der Waals surface area contributed by atoms with Gasteiger partial charge in [-0.2, -0.15) is 0 Å². The molecule has 1 fully saturated rings. The lowest BCUT2D eigenvalue weighted by atomic mass is 9.88. The van der Waals surface area contributed by atoms with Gasteiger partial charge in [-0.1, -0.05) is 43.3 Å². The lowest BCUT2D eigenvalue weighted by Gasteiger charge is -2.34. The number of nitrogens with one attached hydrogen (secondary N) is 1. The van der Waals surface area contributed by atoms with Gasteiger partial charge in [0.1, 0.15) is 0 Å². The van der Waals surface area contributed by atoms with Crippen LogP contribution in [0.3, 0.4) is 0 Å². The third-order valence-electron chi connectivity index (χ3n) is 3.63. The average Bonchev–Trinajstić information content (AvgIpc) is 2.39. The molecule has 1 heteroatoms. The van der Waals surface area contributed by atoms with E-state index in [0.717, 1.165) is 0 Å². The molecule has 1 aliphatic heterocycles. The molecular formula is C15H21N. The van der Waals surface area contributed by atoms with Gasteiger partial charge in [0, 0.05) is 12.1 Å². The van der Waals surface area contributed by atoms with Crippen molar-refractivity contribution in [1.82, 2.24) is 5.32 Å². The van der Waals surface area contributed by atoms with E-state index in [-0.39, 0.29) is 0 Å². The SMILES string of the molecule is C=C[C@H](C)[C@H]1CCC[C@H](c2ccccc2)N1. The predicted octanol–water partition coefficient (Wildman–Crippen LogP) is 3.69. The molecule has 1 aromatic rings. The van der Waals surface area contributed by atoms with Crippen molar-refractivity contribution in [2.24, 2.45) is 5.92 Å². The second-order valence-corrected chi connectivity index (χ2v) is 4.76. The van der Waals surface area contributed by atoms with Crippen molar-refractivity contribution in [2.75, 3.05) is 0 Å². The van der Waals surface area contributed by atoms with Gasteiger partial charge in [0.2, 0.25) is 0 Å². The van der Waals surface area contributed by atoms with Crippen LogP contribution in [0.2, 0.25) is 0 Å². The highest BCUT2D eigenvalue weighted by Gasteiger charge is 2.24. The molecule has 1 N–H and O–H groups in total. The quantitative estimate of drug-likeness (QED) is 0.758. The molecule has 3 atom stereocenters. The Labute approximate surface area is 98.6 Å². The Morgan fingerprint density at radius 2 is 2.06 bits per heavy atom. The van der Waals surface area contributed by atoms with Crippen LogP contribution < -0.4 is 5.32 Å². The monoisotopic (exact) mass is 215 g/mol. The maximum Gasteiger partial charge on any atom is 0.0322 e. The van der Waals surface area contributed by atoms with Crippen molar-refractivity contribution >= 4 is 0 Å². The molecule has 1 heterocycles. The molecule has 0 amide bonds. The Morgan fingerprint density at radius 3 is 2.75 bits per heavy atom. The largest absolute Gasteiger partial charge is 0.307 e. The summed E-state index contributed by atoms with van der Waals surface area (Å²) < 4.78 is 0. The van der Waals surface area contributed by atoms with Crippen LogP contribution in [-0.2, 0) is 0 Å². The lowest BCUT2D eigenvalue weighted by molar-refractivity contribution is 0.285. The minimum Gasteiger partial charge on any atom is -0.307 e. The molecule has 0 radical (unpaired) electrons. The van der Waals surface area contributed by atoms with Gasteiger partial charge in [0.25, 0.3) is 0 Å². The highest BCUT2D eigenvalue weighted by atomic mass is 15.0. The summed E-state index contributed by atoms with van der Waals surface area (Å²) in [4.78, 5) is 0. The Morgan fingerprint density at radius 1 is 1.31 bits per heavy atom. The van der Waals surface area contributed by atoms with Crippen molar-refractivity contribution in [3.8, 4) is 0 Å². The number of hydrogen-bond donors (Lipinski definition) is 1. The predicted molar refractivity (Wildman–Crippen MR) is 69.3 cm³/mol. The van der Waals surface area contributed by atoms with Crippen LogP contribution in [-0.4, -0.2) is 6.04 Å². The van der Waals surface area contributed by atoms with Crippen LogP contribution in [0.1, 0.15) is 37.8 Å². The Bertz CT molecular complexity index is 331. The number of hydrogen-bond acceptors (Lipinski definition) is 1. The third kappa shape index (κ3) is 2.53. The summed E-state index contributed by atoms with van der Waals surface area (Å²) in [5.74, 6) is 0.562. The van der Waals surface area contributed by atoms with E-state index in [1.165, 1.54) is 24.8 Å². The summed E-state index contributed by atoms with van der Waals surface area (Å²) in [6, 6.07) is 11.9. The smallest absolute Gasteiger partial charge is 0.0322 e. The molecule has 0 aliphatic carbocycles. The maximum absolute atomic E-state index is 3.89. The molecule has 1 nitrogen and oxygen atoms in total. The van der Waals surface area contributed by atoms with E-state index in [9.17, 15) is 0 Å². The Kier molecular flexibility index (Phi) is 3.79. The van der Waals surface area contributed by atoms with Crippen molar-refractivity contribution in [2.45, 2.75) is 38.3 Å². The number of piperidine rings is 1. The summed E-state index contributed by atoms with van der Waals surface area (Å²) in [5.41, 5.74) is 1.42. The van der Waals surface area contributed by atoms with Gasteiger partial charge in [0.15, 0.2) is 0 Å². The summed E-state index contributed by atoms with van der Waals surface area (Å²) in [6.07, 6.45) is 5.90. The molecule has 0 bridgehead atoms. The highest BCUT2D eigenvalue weighted by Crippen LogP contribution is 2.28. The zero-order chi connectivity index (χ0) is 11.4. The first-order valence-electron chi connectivity index (χ1n) is 6.25. The first kappa shape index (κ1) is 11.4. The second-order valence-electron chi connectivity index (χ2n) is 4.76. The second kappa shape index (κ2) is 5.31. The highest BCUT2D eigenvalue weighted by molar-refractivity contribution is 5.19. The topological polar surface area (TPSA) is 12.0 Å². The fourth-order valence-corrected chi connectivity index (χ4v) is 2.49. The summed E-state index contributed by atoms with van der Waals surface area (Å²) in [7, 11) is 0. The van der Waals surface area contributed by atoms with Gasteiger partial charge >= 0.3 is 0 Å². The molecule has 16 heavy (non-hydrogen) atoms. The molecule has 0 aromatic heterocycles. The van der Waals surface area contributed by atoms with Gasteiger partial charge in [-0.05, 0) is 30.7 Å². The van der Waals surface area contributed by atoms with E-state index in [0.29, 0.717) is 18.0 Å². The number of rotatable bonds is 3. The van der Waals surface area contributed by atoms with Crippen LogP contribution in [0.5, 0.6) is 0 Å². The zero-order valence-corrected chi connectivity index (χ0v) is 10.0. The maximum atomic E-state index is 3.89. The molecule has 1 aromatic carbocycles. The lowest BCUT2D eigenvalue weighted by Crippen LogP contribution is -2.40. The standard InChI is InChI=1S/C15H21N/c1-3-12(2)14-10-7-11-15(16-14)13-8-5-4-6-9-13/h3-6,8-9,12,14-16H,1,7,10-11H2,2H3/t12-,14+,15+/m0/s1. The van der Waals surface area contributed by atoms with Crippen molar-refractivity contribution in [3.63, 3.8) is 0 Å². The normalized spacial score (nSPS) is 27.3. The van der Waals surface area contributed by atoms with E-state index in [1.54, 1.807) is 0 Å². The van der Waals surface area contributed by atoms with Gasteiger partial charge in [-0.3, -0.25) is 0 Å². The molecule has 1 saturated heterocycles. The molecular weight excluding hydrogens is 194 g/mol. The molecule has 0 unspecified atom stereocenters. The summed E-state index contributed by atoms with van der Waals surface area (Å²) in [6.45, 7) is 6.14. The third-order valence-corrected chi connectivity index (χ3v) is 3.63. The van der Waals surface area contributed by atoms with Gasteiger partial charge < -0.3 is 5.32 Å². The molecule has 0 saturated carbocycles. The van der Waals surface area contributed by atoms with Gasteiger partial charge in [0.05, 0.1) is 0 Å². The minimum atomic E-state index is 0.530.